The summed E-state index contributed by atoms with van der Waals surface area (Å²) in [5, 5.41) is 2.79. The Morgan fingerprint density at radius 1 is 1.22 bits per heavy atom. The van der Waals surface area contributed by atoms with Crippen LogP contribution in [0.15, 0.2) is 18.2 Å². The molecule has 4 fully saturated rings. The van der Waals surface area contributed by atoms with Crippen molar-refractivity contribution in [1.29, 1.82) is 0 Å². The number of methoxy groups -OCH3 is 1. The highest BCUT2D eigenvalue weighted by atomic mass is 79.9. The molecule has 1 aromatic carbocycles. The summed E-state index contributed by atoms with van der Waals surface area (Å²) in [6.07, 6.45) is 6.19. The van der Waals surface area contributed by atoms with Gasteiger partial charge in [-0.3, -0.25) is 9.59 Å². The molecule has 146 valence electrons. The molecule has 1 aromatic rings. The number of hydrogen-bond donors (Lipinski definition) is 1. The molecule has 6 heteroatoms. The van der Waals surface area contributed by atoms with Crippen LogP contribution in [0, 0.1) is 24.2 Å². The fraction of sp³-hybridized carbons (Fsp3) is 0.619. The number of esters is 1. The van der Waals surface area contributed by atoms with Gasteiger partial charge in [-0.1, -0.05) is 22.0 Å². The third-order valence-electron chi connectivity index (χ3n) is 6.39. The number of amides is 1. The maximum atomic E-state index is 12.9. The van der Waals surface area contributed by atoms with Crippen LogP contribution < -0.4 is 10.1 Å². The number of anilines is 1. The number of hydrogen-bond acceptors (Lipinski definition) is 4. The lowest BCUT2D eigenvalue weighted by Gasteiger charge is -2.58. The third-order valence-corrected chi connectivity index (χ3v) is 7.31. The zero-order valence-corrected chi connectivity index (χ0v) is 17.4. The van der Waals surface area contributed by atoms with Crippen molar-refractivity contribution in [3.05, 3.63) is 23.8 Å². The lowest BCUT2D eigenvalue weighted by Crippen LogP contribution is -2.56. The molecule has 4 saturated carbocycles. The van der Waals surface area contributed by atoms with Crippen LogP contribution >= 0.6 is 15.9 Å². The van der Waals surface area contributed by atoms with E-state index in [1.54, 1.807) is 7.11 Å². The first-order chi connectivity index (χ1) is 12.8. The van der Waals surface area contributed by atoms with Gasteiger partial charge in [0.05, 0.1) is 18.2 Å². The topological polar surface area (TPSA) is 64.6 Å². The number of alkyl halides is 1. The summed E-state index contributed by atoms with van der Waals surface area (Å²) in [7, 11) is 1.56. The number of benzene rings is 1. The van der Waals surface area contributed by atoms with Crippen LogP contribution in [-0.4, -0.2) is 29.9 Å². The minimum absolute atomic E-state index is 0.0906. The third kappa shape index (κ3) is 3.60. The van der Waals surface area contributed by atoms with Crippen LogP contribution in [-0.2, 0) is 14.3 Å². The second kappa shape index (κ2) is 6.80. The Bertz CT molecular complexity index is 763. The lowest BCUT2D eigenvalue weighted by molar-refractivity contribution is -0.170. The predicted molar refractivity (Wildman–Crippen MR) is 106 cm³/mol. The SMILES string of the molecule is COc1ccc(C)cc1NC(=O)COC(=O)C12C[C@@H]3C[C@H](CC(Br)(C3)C1)C2. The molecule has 0 saturated heterocycles. The molecule has 0 spiro atoms. The van der Waals surface area contributed by atoms with E-state index in [-0.39, 0.29) is 22.8 Å². The highest BCUT2D eigenvalue weighted by molar-refractivity contribution is 9.10. The molecule has 0 radical (unpaired) electrons. The van der Waals surface area contributed by atoms with E-state index in [9.17, 15) is 9.59 Å². The van der Waals surface area contributed by atoms with Crippen LogP contribution in [0.25, 0.3) is 0 Å². The van der Waals surface area contributed by atoms with Crippen molar-refractivity contribution in [2.75, 3.05) is 19.0 Å². The van der Waals surface area contributed by atoms with Gasteiger partial charge in [0.1, 0.15) is 5.75 Å². The summed E-state index contributed by atoms with van der Waals surface area (Å²) in [5.74, 6) is 1.24. The Labute approximate surface area is 168 Å². The zero-order chi connectivity index (χ0) is 19.2. The van der Waals surface area contributed by atoms with E-state index >= 15 is 0 Å². The van der Waals surface area contributed by atoms with E-state index in [1.165, 1.54) is 6.42 Å². The number of ether oxygens (including phenoxy) is 2. The molecular formula is C21H26BrNO4. The molecule has 5 nitrogen and oxygen atoms in total. The molecule has 1 N–H and O–H groups in total. The standard InChI is InChI=1S/C21H26BrNO4/c1-13-3-4-17(26-2)16(5-13)23-18(24)11-27-19(25)20-7-14-6-15(8-20)10-21(22,9-14)12-20/h3-5,14-15H,6-12H2,1-2H3,(H,23,24)/t14-,15-,20?,21?/m0/s1. The number of carbonyl (C=O) groups excluding carboxylic acids is 2. The number of nitrogens with one attached hydrogen (secondary N) is 1. The molecule has 4 aliphatic rings. The average Bonchev–Trinajstić information content (AvgIpc) is 2.57. The Morgan fingerprint density at radius 2 is 1.93 bits per heavy atom. The first-order valence-electron chi connectivity index (χ1n) is 9.61. The van der Waals surface area contributed by atoms with Crippen molar-refractivity contribution in [3.8, 4) is 5.75 Å². The van der Waals surface area contributed by atoms with Crippen LogP contribution in [0.2, 0.25) is 0 Å². The summed E-state index contributed by atoms with van der Waals surface area (Å²) in [4.78, 5) is 25.3. The van der Waals surface area contributed by atoms with Crippen LogP contribution in [0.4, 0.5) is 5.69 Å². The first-order valence-corrected chi connectivity index (χ1v) is 10.4. The monoisotopic (exact) mass is 435 g/mol. The van der Waals surface area contributed by atoms with Crippen LogP contribution in [0.5, 0.6) is 5.75 Å². The molecule has 0 heterocycles. The number of aryl methyl sites for hydroxylation is 1. The first kappa shape index (κ1) is 18.8. The van der Waals surface area contributed by atoms with Gasteiger partial charge in [0, 0.05) is 4.32 Å². The van der Waals surface area contributed by atoms with Gasteiger partial charge in [0.15, 0.2) is 6.61 Å². The Hall–Kier alpha value is -1.56. The summed E-state index contributed by atoms with van der Waals surface area (Å²) in [5.41, 5.74) is 1.20. The molecular weight excluding hydrogens is 410 g/mol. The van der Waals surface area contributed by atoms with E-state index in [4.69, 9.17) is 9.47 Å². The van der Waals surface area contributed by atoms with Gasteiger partial charge < -0.3 is 14.8 Å². The molecule has 4 bridgehead atoms. The molecule has 1 amide bonds. The average molecular weight is 436 g/mol. The van der Waals surface area contributed by atoms with Crippen LogP contribution in [0.3, 0.4) is 0 Å². The van der Waals surface area contributed by atoms with Crippen LogP contribution in [0.1, 0.15) is 44.1 Å². The summed E-state index contributed by atoms with van der Waals surface area (Å²) in [6, 6.07) is 5.56. The number of halogens is 1. The zero-order valence-electron chi connectivity index (χ0n) is 15.8. The Kier molecular flexibility index (Phi) is 4.73. The normalized spacial score (nSPS) is 33.6. The van der Waals surface area contributed by atoms with Crippen molar-refractivity contribution >= 4 is 33.5 Å². The Morgan fingerprint density at radius 3 is 2.56 bits per heavy atom. The minimum Gasteiger partial charge on any atom is -0.495 e. The molecule has 0 unspecified atom stereocenters. The van der Waals surface area contributed by atoms with Gasteiger partial charge in [0.25, 0.3) is 5.91 Å². The van der Waals surface area contributed by atoms with E-state index in [1.807, 2.05) is 25.1 Å². The second-order valence-corrected chi connectivity index (χ2v) is 10.4. The van der Waals surface area contributed by atoms with E-state index < -0.39 is 5.41 Å². The summed E-state index contributed by atoms with van der Waals surface area (Å²) < 4.78 is 10.9. The van der Waals surface area contributed by atoms with Crippen molar-refractivity contribution in [2.45, 2.75) is 49.8 Å². The molecule has 4 aliphatic carbocycles. The largest absolute Gasteiger partial charge is 0.495 e. The van der Waals surface area contributed by atoms with E-state index in [0.717, 1.165) is 37.7 Å². The highest BCUT2D eigenvalue weighted by Crippen LogP contribution is 2.64. The quantitative estimate of drug-likeness (QED) is 0.555. The van der Waals surface area contributed by atoms with Gasteiger partial charge in [-0.2, -0.15) is 0 Å². The Balaban J connectivity index is 1.38. The van der Waals surface area contributed by atoms with Crippen molar-refractivity contribution in [3.63, 3.8) is 0 Å². The minimum atomic E-state index is -0.408. The summed E-state index contributed by atoms with van der Waals surface area (Å²) in [6.45, 7) is 1.68. The van der Waals surface area contributed by atoms with Gasteiger partial charge in [-0.15, -0.1) is 0 Å². The van der Waals surface area contributed by atoms with Crippen molar-refractivity contribution < 1.29 is 19.1 Å². The molecule has 0 aliphatic heterocycles. The summed E-state index contributed by atoms with van der Waals surface area (Å²) >= 11 is 3.91. The second-order valence-electron chi connectivity index (χ2n) is 8.72. The van der Waals surface area contributed by atoms with Gasteiger partial charge in [-0.25, -0.2) is 0 Å². The van der Waals surface area contributed by atoms with Crippen molar-refractivity contribution in [1.82, 2.24) is 0 Å². The molecule has 5 rings (SSSR count). The maximum Gasteiger partial charge on any atom is 0.312 e. The van der Waals surface area contributed by atoms with Gasteiger partial charge in [-0.05, 0) is 75.0 Å². The highest BCUT2D eigenvalue weighted by Gasteiger charge is 2.60. The van der Waals surface area contributed by atoms with E-state index in [0.29, 0.717) is 23.3 Å². The fourth-order valence-electron chi connectivity index (χ4n) is 5.78. The van der Waals surface area contributed by atoms with E-state index in [2.05, 4.69) is 21.2 Å². The number of rotatable bonds is 5. The predicted octanol–water partition coefficient (Wildman–Crippen LogP) is 4.22. The molecule has 27 heavy (non-hydrogen) atoms. The molecule has 2 atom stereocenters. The molecule has 0 aromatic heterocycles. The number of carbonyl (C=O) groups is 2. The lowest BCUT2D eigenvalue weighted by atomic mass is 9.49. The van der Waals surface area contributed by atoms with Gasteiger partial charge in [0.2, 0.25) is 0 Å². The fourth-order valence-corrected chi connectivity index (χ4v) is 7.23. The van der Waals surface area contributed by atoms with Crippen molar-refractivity contribution in [2.24, 2.45) is 17.3 Å². The maximum absolute atomic E-state index is 12.9. The van der Waals surface area contributed by atoms with Gasteiger partial charge >= 0.3 is 5.97 Å². The smallest absolute Gasteiger partial charge is 0.312 e.